The van der Waals surface area contributed by atoms with E-state index in [0.29, 0.717) is 0 Å². The summed E-state index contributed by atoms with van der Waals surface area (Å²) in [7, 11) is -1.08. The molecule has 0 unspecified atom stereocenters. The zero-order valence-electron chi connectivity index (χ0n) is 23.7. The molecule has 0 N–H and O–H groups in total. The van der Waals surface area contributed by atoms with Gasteiger partial charge in [0.2, 0.25) is 0 Å². The van der Waals surface area contributed by atoms with Crippen LogP contribution in [0.2, 0.25) is 0 Å². The molecule has 5 aromatic rings. The molecule has 1 aliphatic rings. The fourth-order valence-electron chi connectivity index (χ4n) is 5.50. The average molecular weight is 550 g/mol. The van der Waals surface area contributed by atoms with E-state index < -0.39 is 10.0 Å². The molecular formula is C39H35NS. The van der Waals surface area contributed by atoms with Crippen molar-refractivity contribution in [3.63, 3.8) is 0 Å². The lowest BCUT2D eigenvalue weighted by Crippen LogP contribution is -2.14. The van der Waals surface area contributed by atoms with Crippen LogP contribution in [0.15, 0.2) is 163 Å². The van der Waals surface area contributed by atoms with Crippen molar-refractivity contribution >= 4 is 32.7 Å². The van der Waals surface area contributed by atoms with E-state index in [1.807, 2.05) is 0 Å². The Morgan fingerprint density at radius 2 is 1.07 bits per heavy atom. The summed E-state index contributed by atoms with van der Waals surface area (Å²) in [4.78, 5) is 3.78. The van der Waals surface area contributed by atoms with E-state index in [2.05, 4.69) is 176 Å². The first kappa shape index (κ1) is 26.7. The van der Waals surface area contributed by atoms with Gasteiger partial charge in [0, 0.05) is 16.9 Å². The number of benzene rings is 5. The van der Waals surface area contributed by atoms with Gasteiger partial charge in [0.1, 0.15) is 0 Å². The Bertz CT molecular complexity index is 1630. The number of anilines is 3. The molecule has 0 radical (unpaired) electrons. The fraction of sp³-hybridized carbons (Fsp3) is 0.0769. The van der Waals surface area contributed by atoms with Gasteiger partial charge in [0.25, 0.3) is 0 Å². The Hall–Kier alpha value is -4.53. The monoisotopic (exact) mass is 549 g/mol. The lowest BCUT2D eigenvalue weighted by atomic mass is 10.0. The lowest BCUT2D eigenvalue weighted by Gasteiger charge is -2.36. The number of hydrogen-bond donors (Lipinski definition) is 0. The highest BCUT2D eigenvalue weighted by Crippen LogP contribution is 2.55. The molecule has 1 nitrogen and oxygen atoms in total. The molecule has 0 aromatic heterocycles. The first-order chi connectivity index (χ1) is 20.0. The maximum Gasteiger partial charge on any atom is 0.0550 e. The summed E-state index contributed by atoms with van der Waals surface area (Å²) >= 11 is 0. The summed E-state index contributed by atoms with van der Waals surface area (Å²) in [6.45, 7) is 4.57. The summed E-state index contributed by atoms with van der Waals surface area (Å²) in [6.07, 6.45) is 13.5. The third-order valence-corrected chi connectivity index (χ3v) is 10.2. The van der Waals surface area contributed by atoms with Crippen LogP contribution in [0.3, 0.4) is 0 Å². The molecule has 1 aliphatic heterocycles. The molecule has 1 heterocycles. The number of fused-ring (bicyclic) bond motifs is 1. The highest BCUT2D eigenvalue weighted by molar-refractivity contribution is 8.32. The summed E-state index contributed by atoms with van der Waals surface area (Å²) in [5, 5.41) is 0. The molecule has 0 spiro atoms. The Kier molecular flexibility index (Phi) is 7.50. The number of hydrogen-bond acceptors (Lipinski definition) is 1. The molecule has 6 rings (SSSR count). The number of nitrogens with zero attached hydrogens (tertiary/aromatic N) is 1. The minimum absolute atomic E-state index is 1.04. The first-order valence-corrected chi connectivity index (χ1v) is 16.6. The van der Waals surface area contributed by atoms with Gasteiger partial charge in [-0.3, -0.25) is 0 Å². The van der Waals surface area contributed by atoms with Gasteiger partial charge in [0.15, 0.2) is 0 Å². The molecule has 0 atom stereocenters. The van der Waals surface area contributed by atoms with Crippen molar-refractivity contribution in [2.24, 2.45) is 0 Å². The lowest BCUT2D eigenvalue weighted by molar-refractivity contribution is 1.24. The highest BCUT2D eigenvalue weighted by atomic mass is 32.3. The second kappa shape index (κ2) is 11.5. The molecule has 0 aliphatic carbocycles. The zero-order chi connectivity index (χ0) is 28.2. The minimum Gasteiger partial charge on any atom is -0.310 e. The van der Waals surface area contributed by atoms with Crippen LogP contribution in [0.5, 0.6) is 0 Å². The third kappa shape index (κ3) is 5.57. The van der Waals surface area contributed by atoms with Crippen molar-refractivity contribution in [3.05, 3.63) is 164 Å². The molecule has 0 fully saturated rings. The van der Waals surface area contributed by atoms with Crippen molar-refractivity contribution in [2.75, 3.05) is 23.2 Å². The number of rotatable bonds is 5. The molecule has 0 amide bonds. The second-order valence-electron chi connectivity index (χ2n) is 10.8. The highest BCUT2D eigenvalue weighted by Gasteiger charge is 2.25. The van der Waals surface area contributed by atoms with Crippen molar-refractivity contribution in [2.45, 2.75) is 4.90 Å². The van der Waals surface area contributed by atoms with E-state index in [0.717, 1.165) is 28.4 Å². The van der Waals surface area contributed by atoms with Crippen molar-refractivity contribution in [1.82, 2.24) is 0 Å². The van der Waals surface area contributed by atoms with Gasteiger partial charge in [-0.25, -0.2) is 10.0 Å². The van der Waals surface area contributed by atoms with Crippen LogP contribution >= 0.6 is 10.0 Å². The van der Waals surface area contributed by atoms with Gasteiger partial charge < -0.3 is 4.90 Å². The Balaban J connectivity index is 1.52. The third-order valence-electron chi connectivity index (χ3n) is 7.68. The fourth-order valence-corrected chi connectivity index (χ4v) is 7.51. The van der Waals surface area contributed by atoms with E-state index in [1.165, 1.54) is 32.7 Å². The maximum absolute atomic E-state index is 4.57. The van der Waals surface area contributed by atoms with E-state index in [9.17, 15) is 0 Å². The Labute approximate surface area is 246 Å². The normalized spacial score (nSPS) is 16.4. The van der Waals surface area contributed by atoms with Gasteiger partial charge >= 0.3 is 0 Å². The van der Waals surface area contributed by atoms with E-state index >= 15 is 0 Å². The average Bonchev–Trinajstić information content (AvgIpc) is 3.07. The van der Waals surface area contributed by atoms with Gasteiger partial charge in [-0.15, -0.1) is 0 Å². The predicted octanol–water partition coefficient (Wildman–Crippen LogP) is 11.1. The van der Waals surface area contributed by atoms with Gasteiger partial charge in [-0.2, -0.15) is 0 Å². The van der Waals surface area contributed by atoms with Gasteiger partial charge in [0.05, 0.1) is 5.69 Å². The zero-order valence-corrected chi connectivity index (χ0v) is 24.5. The molecule has 5 aromatic carbocycles. The minimum atomic E-state index is -1.08. The second-order valence-corrected chi connectivity index (χ2v) is 14.7. The Morgan fingerprint density at radius 3 is 1.61 bits per heavy atom. The van der Waals surface area contributed by atoms with Gasteiger partial charge in [-0.1, -0.05) is 122 Å². The first-order valence-electron chi connectivity index (χ1n) is 14.0. The van der Waals surface area contributed by atoms with E-state index in [4.69, 9.17) is 0 Å². The summed E-state index contributed by atoms with van der Waals surface area (Å²) in [5.41, 5.74) is 10.5. The SMILES string of the molecule is C=C1/C=C\C=C/CS(C)(C)c2cccc(N(c3ccc(-c4ccccc4)cc3)c3ccc(-c4ccccc4)cc3)c21. The van der Waals surface area contributed by atoms with E-state index in [-0.39, 0.29) is 0 Å². The maximum atomic E-state index is 4.57. The molecule has 2 heteroatoms. The standard InChI is InChI=1S/C39H35NS/c1-30-14-7-6-12-29-41(2,3)38-20-13-19-37(39(30)38)40(35-25-21-33(22-26-35)31-15-8-4-9-16-31)36-27-23-34(24-28-36)32-17-10-5-11-18-32/h4-28H,1,29H2,2-3H3/b12-6-,14-7-. The smallest absolute Gasteiger partial charge is 0.0550 e. The summed E-state index contributed by atoms with van der Waals surface area (Å²) < 4.78 is 0. The van der Waals surface area contributed by atoms with Crippen LogP contribution in [-0.2, 0) is 0 Å². The van der Waals surface area contributed by atoms with Crippen molar-refractivity contribution in [1.29, 1.82) is 0 Å². The van der Waals surface area contributed by atoms with Crippen LogP contribution in [-0.4, -0.2) is 18.3 Å². The Morgan fingerprint density at radius 1 is 0.561 bits per heavy atom. The van der Waals surface area contributed by atoms with Gasteiger partial charge in [-0.05, 0) is 87.4 Å². The number of allylic oxidation sites excluding steroid dienone is 4. The van der Waals surface area contributed by atoms with Crippen LogP contribution in [0.4, 0.5) is 17.1 Å². The van der Waals surface area contributed by atoms with Crippen LogP contribution in [0, 0.1) is 0 Å². The quantitative estimate of drug-likeness (QED) is 0.211. The summed E-state index contributed by atoms with van der Waals surface area (Å²) in [5.74, 6) is 1.04. The van der Waals surface area contributed by atoms with Crippen molar-refractivity contribution < 1.29 is 0 Å². The molecule has 0 saturated carbocycles. The van der Waals surface area contributed by atoms with E-state index in [1.54, 1.807) is 0 Å². The summed E-state index contributed by atoms with van der Waals surface area (Å²) in [6, 6.07) is 45.7. The molecule has 0 bridgehead atoms. The van der Waals surface area contributed by atoms with Crippen LogP contribution in [0.1, 0.15) is 5.56 Å². The van der Waals surface area contributed by atoms with Crippen LogP contribution in [0.25, 0.3) is 27.8 Å². The molecule has 0 saturated heterocycles. The largest absolute Gasteiger partial charge is 0.310 e. The predicted molar refractivity (Wildman–Crippen MR) is 182 cm³/mol. The van der Waals surface area contributed by atoms with Crippen molar-refractivity contribution in [3.8, 4) is 22.3 Å². The van der Waals surface area contributed by atoms with Crippen LogP contribution < -0.4 is 4.90 Å². The topological polar surface area (TPSA) is 3.24 Å². The molecule has 41 heavy (non-hydrogen) atoms. The molecule has 202 valence electrons. The molecular weight excluding hydrogens is 515 g/mol.